The van der Waals surface area contributed by atoms with Gasteiger partial charge in [-0.05, 0) is 18.3 Å². The first-order valence-electron chi connectivity index (χ1n) is 5.47. The van der Waals surface area contributed by atoms with Crippen LogP contribution in [0.3, 0.4) is 0 Å². The molecule has 3 heteroatoms. The number of carbonyl (C=O) groups excluding carboxylic acids is 1. The van der Waals surface area contributed by atoms with E-state index in [4.69, 9.17) is 5.26 Å². The summed E-state index contributed by atoms with van der Waals surface area (Å²) >= 11 is 0. The van der Waals surface area contributed by atoms with Gasteiger partial charge in [-0.2, -0.15) is 5.26 Å². The molecular formula is C12H22N2O. The molecule has 0 saturated carbocycles. The van der Waals surface area contributed by atoms with Crippen LogP contribution in [-0.2, 0) is 4.79 Å². The normalized spacial score (nSPS) is 13.1. The van der Waals surface area contributed by atoms with Gasteiger partial charge in [0.1, 0.15) is 6.54 Å². The zero-order valence-electron chi connectivity index (χ0n) is 10.5. The molecule has 0 saturated heterocycles. The van der Waals surface area contributed by atoms with Gasteiger partial charge in [0, 0.05) is 13.0 Å². The van der Waals surface area contributed by atoms with Crippen molar-refractivity contribution >= 4 is 5.91 Å². The number of nitrogens with zero attached hydrogens (tertiary/aromatic N) is 2. The summed E-state index contributed by atoms with van der Waals surface area (Å²) in [6.07, 6.45) is 0.527. The van der Waals surface area contributed by atoms with E-state index in [1.54, 1.807) is 4.90 Å². The number of amides is 1. The van der Waals surface area contributed by atoms with Crippen molar-refractivity contribution in [2.24, 2.45) is 11.3 Å². The highest BCUT2D eigenvalue weighted by Gasteiger charge is 2.24. The molecule has 0 heterocycles. The zero-order valence-corrected chi connectivity index (χ0v) is 10.5. The van der Waals surface area contributed by atoms with E-state index in [0.29, 0.717) is 18.9 Å². The molecule has 0 aliphatic rings. The molecule has 0 fully saturated rings. The van der Waals surface area contributed by atoms with Crippen LogP contribution in [0.15, 0.2) is 0 Å². The lowest BCUT2D eigenvalue weighted by Gasteiger charge is -2.28. The first-order chi connectivity index (χ1) is 6.82. The third-order valence-electron chi connectivity index (χ3n) is 2.96. The average Bonchev–Trinajstić information content (AvgIpc) is 2.12. The molecule has 0 rings (SSSR count). The molecule has 0 bridgehead atoms. The lowest BCUT2D eigenvalue weighted by Crippen LogP contribution is -2.34. The zero-order chi connectivity index (χ0) is 12.1. The summed E-state index contributed by atoms with van der Waals surface area (Å²) in [7, 11) is 0. The molecule has 0 aromatic heterocycles. The summed E-state index contributed by atoms with van der Waals surface area (Å²) in [4.78, 5) is 13.4. The monoisotopic (exact) mass is 210 g/mol. The summed E-state index contributed by atoms with van der Waals surface area (Å²) < 4.78 is 0. The van der Waals surface area contributed by atoms with E-state index in [-0.39, 0.29) is 17.9 Å². The predicted molar refractivity (Wildman–Crippen MR) is 61.1 cm³/mol. The minimum atomic E-state index is 0.0847. The van der Waals surface area contributed by atoms with Crippen LogP contribution in [0.4, 0.5) is 0 Å². The van der Waals surface area contributed by atoms with Crippen LogP contribution in [-0.4, -0.2) is 23.9 Å². The molecule has 0 aromatic rings. The Balaban J connectivity index is 4.30. The predicted octanol–water partition coefficient (Wildman–Crippen LogP) is 2.43. The largest absolute Gasteiger partial charge is 0.330 e. The van der Waals surface area contributed by atoms with Crippen molar-refractivity contribution in [3.8, 4) is 6.07 Å². The summed E-state index contributed by atoms with van der Waals surface area (Å²) in [6, 6.07) is 2.02. The SMILES string of the molecule is CCN(CC#N)C(=O)CC(C)C(C)(C)C. The fourth-order valence-electron chi connectivity index (χ4n) is 1.16. The van der Waals surface area contributed by atoms with Crippen LogP contribution in [0.25, 0.3) is 0 Å². The molecule has 1 atom stereocenters. The van der Waals surface area contributed by atoms with E-state index in [1.165, 1.54) is 0 Å². The molecule has 86 valence electrons. The Bertz CT molecular complexity index is 247. The summed E-state index contributed by atoms with van der Waals surface area (Å²) in [6.45, 7) is 11.2. The fourth-order valence-corrected chi connectivity index (χ4v) is 1.16. The molecule has 0 aliphatic carbocycles. The van der Waals surface area contributed by atoms with E-state index in [2.05, 4.69) is 27.7 Å². The highest BCUT2D eigenvalue weighted by molar-refractivity contribution is 5.76. The molecule has 0 N–H and O–H groups in total. The topological polar surface area (TPSA) is 44.1 Å². The summed E-state index contributed by atoms with van der Waals surface area (Å²) in [5.74, 6) is 0.416. The van der Waals surface area contributed by atoms with E-state index in [1.807, 2.05) is 13.0 Å². The van der Waals surface area contributed by atoms with Crippen LogP contribution >= 0.6 is 0 Å². The van der Waals surface area contributed by atoms with Gasteiger partial charge in [-0.25, -0.2) is 0 Å². The Morgan fingerprint density at radius 3 is 2.33 bits per heavy atom. The number of nitriles is 1. The molecule has 1 amide bonds. The van der Waals surface area contributed by atoms with E-state index >= 15 is 0 Å². The van der Waals surface area contributed by atoms with Crippen LogP contribution < -0.4 is 0 Å². The van der Waals surface area contributed by atoms with Crippen LogP contribution in [0.2, 0.25) is 0 Å². The lowest BCUT2D eigenvalue weighted by molar-refractivity contribution is -0.132. The van der Waals surface area contributed by atoms with E-state index < -0.39 is 0 Å². The number of hydrogen-bond donors (Lipinski definition) is 0. The molecule has 0 spiro atoms. The van der Waals surface area contributed by atoms with Crippen molar-refractivity contribution in [2.75, 3.05) is 13.1 Å². The smallest absolute Gasteiger partial charge is 0.223 e. The van der Waals surface area contributed by atoms with Gasteiger partial charge in [-0.15, -0.1) is 0 Å². The third kappa shape index (κ3) is 4.83. The van der Waals surface area contributed by atoms with Gasteiger partial charge in [-0.1, -0.05) is 27.7 Å². The quantitative estimate of drug-likeness (QED) is 0.669. The molecule has 0 aliphatic heterocycles. The average molecular weight is 210 g/mol. The Morgan fingerprint density at radius 1 is 1.47 bits per heavy atom. The van der Waals surface area contributed by atoms with E-state index in [0.717, 1.165) is 0 Å². The summed E-state index contributed by atoms with van der Waals surface area (Å²) in [5, 5.41) is 8.57. The van der Waals surface area contributed by atoms with Crippen LogP contribution in [0.5, 0.6) is 0 Å². The second-order valence-electron chi connectivity index (χ2n) is 5.04. The van der Waals surface area contributed by atoms with Gasteiger partial charge in [0.2, 0.25) is 5.91 Å². The first-order valence-corrected chi connectivity index (χ1v) is 5.47. The van der Waals surface area contributed by atoms with Crippen molar-refractivity contribution in [1.29, 1.82) is 5.26 Å². The van der Waals surface area contributed by atoms with Crippen molar-refractivity contribution in [3.63, 3.8) is 0 Å². The summed E-state index contributed by atoms with van der Waals surface area (Å²) in [5.41, 5.74) is 0.141. The van der Waals surface area contributed by atoms with Gasteiger partial charge < -0.3 is 4.90 Å². The number of rotatable bonds is 4. The minimum Gasteiger partial charge on any atom is -0.330 e. The Labute approximate surface area is 93.1 Å². The third-order valence-corrected chi connectivity index (χ3v) is 2.96. The Hall–Kier alpha value is -1.04. The molecule has 1 unspecified atom stereocenters. The van der Waals surface area contributed by atoms with E-state index in [9.17, 15) is 4.79 Å². The minimum absolute atomic E-state index is 0.0847. The van der Waals surface area contributed by atoms with Gasteiger partial charge in [0.05, 0.1) is 6.07 Å². The van der Waals surface area contributed by atoms with Gasteiger partial charge in [0.25, 0.3) is 0 Å². The maximum absolute atomic E-state index is 11.8. The van der Waals surface area contributed by atoms with Crippen molar-refractivity contribution in [3.05, 3.63) is 0 Å². The maximum atomic E-state index is 11.8. The molecule has 15 heavy (non-hydrogen) atoms. The van der Waals surface area contributed by atoms with Crippen LogP contribution in [0, 0.1) is 22.7 Å². The van der Waals surface area contributed by atoms with Crippen molar-refractivity contribution in [2.45, 2.75) is 41.0 Å². The number of hydrogen-bond acceptors (Lipinski definition) is 2. The Kier molecular flexibility index (Phi) is 5.35. The van der Waals surface area contributed by atoms with Crippen molar-refractivity contribution in [1.82, 2.24) is 4.90 Å². The molecule has 0 radical (unpaired) electrons. The second-order valence-corrected chi connectivity index (χ2v) is 5.04. The standard InChI is InChI=1S/C12H22N2O/c1-6-14(8-7-13)11(15)9-10(2)12(3,4)5/h10H,6,8-9H2,1-5H3. The van der Waals surface area contributed by atoms with Gasteiger partial charge in [0.15, 0.2) is 0 Å². The first kappa shape index (κ1) is 14.0. The van der Waals surface area contributed by atoms with Crippen LogP contribution in [0.1, 0.15) is 41.0 Å². The number of carbonyl (C=O) groups is 1. The van der Waals surface area contributed by atoms with Crippen molar-refractivity contribution < 1.29 is 4.79 Å². The second kappa shape index (κ2) is 5.75. The highest BCUT2D eigenvalue weighted by atomic mass is 16.2. The molecule has 0 aromatic carbocycles. The lowest BCUT2D eigenvalue weighted by atomic mass is 9.80. The Morgan fingerprint density at radius 2 is 2.00 bits per heavy atom. The fraction of sp³-hybridized carbons (Fsp3) is 0.833. The maximum Gasteiger partial charge on any atom is 0.223 e. The van der Waals surface area contributed by atoms with Gasteiger partial charge in [-0.3, -0.25) is 4.79 Å². The molecule has 3 nitrogen and oxygen atoms in total. The highest BCUT2D eigenvalue weighted by Crippen LogP contribution is 2.28. The molecular weight excluding hydrogens is 188 g/mol. The van der Waals surface area contributed by atoms with Gasteiger partial charge >= 0.3 is 0 Å².